The van der Waals surface area contributed by atoms with Crippen LogP contribution in [0.4, 0.5) is 8.78 Å². The fraction of sp³-hybridized carbons (Fsp3) is 0.120. The largest absolute Gasteiger partial charge is 0.437 e. The molecule has 30 heavy (non-hydrogen) atoms. The average Bonchev–Trinajstić information content (AvgIpc) is 3.08. The van der Waals surface area contributed by atoms with Crippen LogP contribution in [0.5, 0.6) is 0 Å². The van der Waals surface area contributed by atoms with Gasteiger partial charge in [-0.15, -0.1) is 0 Å². The zero-order valence-corrected chi connectivity index (χ0v) is 16.8. The van der Waals surface area contributed by atoms with E-state index in [1.165, 1.54) is 18.2 Å². The second kappa shape index (κ2) is 6.73. The van der Waals surface area contributed by atoms with Crippen LogP contribution in [0.25, 0.3) is 44.5 Å². The smallest absolute Gasteiger partial charge is 0.230 e. The minimum atomic E-state index is -0.660. The van der Waals surface area contributed by atoms with Gasteiger partial charge in [-0.1, -0.05) is 30.3 Å². The topological polar surface area (TPSA) is 29.9 Å². The molecular weight excluding hydrogens is 382 g/mol. The minimum absolute atomic E-state index is 0.0915. The quantitative estimate of drug-likeness (QED) is 0.267. The first kappa shape index (κ1) is 18.4. The number of nitrogens with zero attached hydrogens (tertiary/aromatic N) is 2. The van der Waals surface area contributed by atoms with E-state index >= 15 is 0 Å². The van der Waals surface area contributed by atoms with E-state index in [1.54, 1.807) is 0 Å². The Labute approximate surface area is 172 Å². The molecule has 0 aliphatic rings. The first-order valence-corrected chi connectivity index (χ1v) is 9.68. The summed E-state index contributed by atoms with van der Waals surface area (Å²) in [6.45, 7) is 3.91. The van der Waals surface area contributed by atoms with E-state index in [1.807, 2.05) is 42.9 Å². The van der Waals surface area contributed by atoms with E-state index in [4.69, 9.17) is 4.42 Å². The number of hydrogen-bond donors (Lipinski definition) is 0. The zero-order valence-electron chi connectivity index (χ0n) is 16.8. The van der Waals surface area contributed by atoms with Gasteiger partial charge in [-0.3, -0.25) is 0 Å². The minimum Gasteiger partial charge on any atom is -0.437 e. The molecule has 148 valence electrons. The van der Waals surface area contributed by atoms with Crippen molar-refractivity contribution in [2.75, 3.05) is 0 Å². The molecule has 0 saturated carbocycles. The van der Waals surface area contributed by atoms with Gasteiger partial charge in [0.25, 0.3) is 0 Å². The van der Waals surface area contributed by atoms with Crippen molar-refractivity contribution in [1.82, 2.24) is 4.98 Å². The number of pyridine rings is 2. The van der Waals surface area contributed by atoms with E-state index in [-0.39, 0.29) is 5.71 Å². The molecule has 0 bridgehead atoms. The molecule has 0 N–H and O–H groups in total. The van der Waals surface area contributed by atoms with Crippen molar-refractivity contribution in [2.45, 2.75) is 13.8 Å². The van der Waals surface area contributed by atoms with Crippen molar-refractivity contribution >= 4 is 22.1 Å². The molecular formula is C25H19F2N2O+. The Bertz CT molecular complexity index is 1440. The van der Waals surface area contributed by atoms with Crippen LogP contribution in [0.15, 0.2) is 65.2 Å². The van der Waals surface area contributed by atoms with Crippen LogP contribution in [-0.4, -0.2) is 4.98 Å². The molecule has 0 atom stereocenters. The summed E-state index contributed by atoms with van der Waals surface area (Å²) in [6.07, 6.45) is 2.05. The van der Waals surface area contributed by atoms with Crippen LogP contribution >= 0.6 is 0 Å². The van der Waals surface area contributed by atoms with Gasteiger partial charge in [-0.2, -0.15) is 9.37 Å². The van der Waals surface area contributed by atoms with Crippen molar-refractivity contribution < 1.29 is 17.8 Å². The van der Waals surface area contributed by atoms with Gasteiger partial charge in [0.2, 0.25) is 17.4 Å². The van der Waals surface area contributed by atoms with E-state index < -0.39 is 11.8 Å². The molecule has 0 aliphatic carbocycles. The van der Waals surface area contributed by atoms with Gasteiger partial charge in [-0.25, -0.2) is 8.96 Å². The fourth-order valence-corrected chi connectivity index (χ4v) is 4.16. The second-order valence-electron chi connectivity index (χ2n) is 7.58. The molecule has 0 aliphatic heterocycles. The average molecular weight is 401 g/mol. The van der Waals surface area contributed by atoms with Crippen molar-refractivity contribution in [3.05, 3.63) is 83.7 Å². The number of fused-ring (bicyclic) bond motifs is 3. The Morgan fingerprint density at radius 2 is 1.70 bits per heavy atom. The van der Waals surface area contributed by atoms with Gasteiger partial charge in [-0.05, 0) is 48.7 Å². The summed E-state index contributed by atoms with van der Waals surface area (Å²) in [5, 5.41) is 0.781. The normalized spacial score (nSPS) is 11.5. The predicted octanol–water partition coefficient (Wildman–Crippen LogP) is 6.03. The molecule has 2 aromatic carbocycles. The van der Waals surface area contributed by atoms with Crippen molar-refractivity contribution in [1.29, 1.82) is 0 Å². The number of aromatic nitrogens is 2. The lowest BCUT2D eigenvalue weighted by Crippen LogP contribution is -2.31. The molecule has 0 unspecified atom stereocenters. The SMILES string of the molecule is Cc1c[n+](C)c(-c2c(C)cc(F)c3c2oc2nc(F)ccc23)cc1-c1ccccc1. The first-order chi connectivity index (χ1) is 14.4. The molecule has 3 nitrogen and oxygen atoms in total. The lowest BCUT2D eigenvalue weighted by atomic mass is 9.96. The standard InChI is InChI=1S/C25H19F2N2O/c1-14-11-19(26)23-17-9-10-21(27)28-25(17)30-24(23)22(14)20-12-18(15(2)13-29(20)3)16-7-5-4-6-8-16/h4-13H,1-3H3/q+1. The highest BCUT2D eigenvalue weighted by atomic mass is 19.1. The predicted molar refractivity (Wildman–Crippen MR) is 113 cm³/mol. The highest BCUT2D eigenvalue weighted by molar-refractivity contribution is 6.09. The van der Waals surface area contributed by atoms with Crippen LogP contribution in [-0.2, 0) is 7.05 Å². The van der Waals surface area contributed by atoms with Gasteiger partial charge in [0, 0.05) is 11.6 Å². The van der Waals surface area contributed by atoms with Crippen molar-refractivity contribution in [2.24, 2.45) is 7.05 Å². The van der Waals surface area contributed by atoms with Gasteiger partial charge in [0.1, 0.15) is 12.9 Å². The van der Waals surface area contributed by atoms with Crippen molar-refractivity contribution in [3.8, 4) is 22.4 Å². The maximum absolute atomic E-state index is 14.9. The van der Waals surface area contributed by atoms with E-state index in [0.29, 0.717) is 16.4 Å². The third kappa shape index (κ3) is 2.77. The molecule has 0 fully saturated rings. The van der Waals surface area contributed by atoms with Gasteiger partial charge in [0.15, 0.2) is 11.8 Å². The molecule has 0 spiro atoms. The zero-order chi connectivity index (χ0) is 21.0. The molecule has 3 aromatic heterocycles. The molecule has 5 aromatic rings. The third-order valence-corrected chi connectivity index (χ3v) is 5.54. The van der Waals surface area contributed by atoms with Crippen LogP contribution < -0.4 is 4.57 Å². The maximum atomic E-state index is 14.9. The van der Waals surface area contributed by atoms with Gasteiger partial charge in [0.05, 0.1) is 16.3 Å². The van der Waals surface area contributed by atoms with Crippen molar-refractivity contribution in [3.63, 3.8) is 0 Å². The summed E-state index contributed by atoms with van der Waals surface area (Å²) in [7, 11) is 1.95. The maximum Gasteiger partial charge on any atom is 0.230 e. The molecule has 5 rings (SSSR count). The summed E-state index contributed by atoms with van der Waals surface area (Å²) < 4.78 is 36.5. The monoisotopic (exact) mass is 401 g/mol. The Morgan fingerprint density at radius 1 is 0.933 bits per heavy atom. The molecule has 0 radical (unpaired) electrons. The lowest BCUT2D eigenvalue weighted by molar-refractivity contribution is -0.660. The van der Waals surface area contributed by atoms with Crippen LogP contribution in [0.1, 0.15) is 11.1 Å². The first-order valence-electron chi connectivity index (χ1n) is 9.68. The molecule has 0 amide bonds. The van der Waals surface area contributed by atoms with Gasteiger partial charge < -0.3 is 4.42 Å². The highest BCUT2D eigenvalue weighted by Crippen LogP contribution is 2.39. The highest BCUT2D eigenvalue weighted by Gasteiger charge is 2.25. The molecule has 5 heteroatoms. The van der Waals surface area contributed by atoms with Crippen LogP contribution in [0.2, 0.25) is 0 Å². The molecule has 0 saturated heterocycles. The third-order valence-electron chi connectivity index (χ3n) is 5.54. The summed E-state index contributed by atoms with van der Waals surface area (Å²) in [6, 6.07) is 16.4. The van der Waals surface area contributed by atoms with Gasteiger partial charge >= 0.3 is 0 Å². The summed E-state index contributed by atoms with van der Waals surface area (Å²) in [5.41, 5.74) is 6.15. The lowest BCUT2D eigenvalue weighted by Gasteiger charge is -2.10. The van der Waals surface area contributed by atoms with E-state index in [2.05, 4.69) is 30.1 Å². The second-order valence-corrected chi connectivity index (χ2v) is 7.58. The number of rotatable bonds is 2. The number of hydrogen-bond acceptors (Lipinski definition) is 2. The number of halogens is 2. The van der Waals surface area contributed by atoms with E-state index in [0.717, 1.165) is 33.5 Å². The summed E-state index contributed by atoms with van der Waals surface area (Å²) >= 11 is 0. The fourth-order valence-electron chi connectivity index (χ4n) is 4.16. The van der Waals surface area contributed by atoms with Crippen LogP contribution in [0.3, 0.4) is 0 Å². The number of aryl methyl sites for hydroxylation is 3. The summed E-state index contributed by atoms with van der Waals surface area (Å²) in [5.74, 6) is -1.07. The number of benzene rings is 2. The Balaban J connectivity index is 1.87. The Hall–Kier alpha value is -3.60. The van der Waals surface area contributed by atoms with E-state index in [9.17, 15) is 8.78 Å². The number of furan rings is 1. The Kier molecular flexibility index (Phi) is 4.13. The Morgan fingerprint density at radius 3 is 2.47 bits per heavy atom. The van der Waals surface area contributed by atoms with Crippen LogP contribution in [0, 0.1) is 25.6 Å². The summed E-state index contributed by atoms with van der Waals surface area (Å²) in [4.78, 5) is 3.81. The molecule has 3 heterocycles.